The van der Waals surface area contributed by atoms with Gasteiger partial charge in [0.15, 0.2) is 5.58 Å². The fourth-order valence-corrected chi connectivity index (χ4v) is 3.68. The van der Waals surface area contributed by atoms with E-state index in [0.29, 0.717) is 40.6 Å². The number of phenolic OH excluding ortho intramolecular Hbond substituents is 1. The van der Waals surface area contributed by atoms with Gasteiger partial charge < -0.3 is 14.4 Å². The second kappa shape index (κ2) is 6.56. The predicted molar refractivity (Wildman–Crippen MR) is 105 cm³/mol. The first-order valence-corrected chi connectivity index (χ1v) is 9.17. The van der Waals surface area contributed by atoms with Crippen LogP contribution in [0, 0.1) is 18.3 Å². The molecule has 0 unspecified atom stereocenters. The fraction of sp³-hybridized carbons (Fsp3) is 0.190. The smallest absolute Gasteiger partial charge is 0.300 e. The van der Waals surface area contributed by atoms with Crippen molar-refractivity contribution in [1.29, 1.82) is 5.26 Å². The summed E-state index contributed by atoms with van der Waals surface area (Å²) in [6, 6.07) is 9.29. The Morgan fingerprint density at radius 2 is 2.14 bits per heavy atom. The molecule has 0 amide bonds. The Balaban J connectivity index is 1.51. The number of pyridine rings is 1. The Morgan fingerprint density at radius 3 is 2.97 bits per heavy atom. The molecule has 0 saturated heterocycles. The Bertz CT molecular complexity index is 1270. The Morgan fingerprint density at radius 1 is 1.24 bits per heavy atom. The predicted octanol–water partition coefficient (Wildman–Crippen LogP) is 3.13. The van der Waals surface area contributed by atoms with Gasteiger partial charge in [0.1, 0.15) is 12.1 Å². The zero-order valence-corrected chi connectivity index (χ0v) is 15.6. The Kier molecular flexibility index (Phi) is 3.88. The molecule has 0 saturated carbocycles. The lowest BCUT2D eigenvalue weighted by Gasteiger charge is -2.25. The summed E-state index contributed by atoms with van der Waals surface area (Å²) in [5.41, 5.74) is 5.49. The monoisotopic (exact) mass is 384 g/mol. The van der Waals surface area contributed by atoms with Crippen LogP contribution in [0.5, 0.6) is 5.75 Å². The quantitative estimate of drug-likeness (QED) is 0.561. The third-order valence-electron chi connectivity index (χ3n) is 5.07. The second-order valence-electron chi connectivity index (χ2n) is 6.98. The second-order valence-corrected chi connectivity index (χ2v) is 6.98. The Hall–Kier alpha value is -3.99. The molecule has 29 heavy (non-hydrogen) atoms. The molecule has 1 aliphatic rings. The van der Waals surface area contributed by atoms with Crippen LogP contribution in [0.3, 0.4) is 0 Å². The van der Waals surface area contributed by atoms with Gasteiger partial charge in [0.25, 0.3) is 6.01 Å². The van der Waals surface area contributed by atoms with Gasteiger partial charge in [-0.2, -0.15) is 10.2 Å². The van der Waals surface area contributed by atoms with E-state index in [1.807, 2.05) is 24.1 Å². The molecule has 142 valence electrons. The number of rotatable bonds is 2. The lowest BCUT2D eigenvalue weighted by Crippen LogP contribution is -2.31. The third kappa shape index (κ3) is 2.93. The third-order valence-corrected chi connectivity index (χ3v) is 5.07. The number of anilines is 1. The summed E-state index contributed by atoms with van der Waals surface area (Å²) < 4.78 is 5.92. The van der Waals surface area contributed by atoms with Crippen LogP contribution in [0.4, 0.5) is 6.01 Å². The highest BCUT2D eigenvalue weighted by atomic mass is 16.4. The minimum atomic E-state index is 0.0183. The molecule has 0 atom stereocenters. The molecule has 0 spiro atoms. The van der Waals surface area contributed by atoms with Crippen molar-refractivity contribution in [3.05, 3.63) is 59.2 Å². The number of nitrogens with zero attached hydrogens (tertiary/aromatic N) is 6. The molecule has 0 fully saturated rings. The number of aryl methyl sites for hydroxylation is 1. The molecular formula is C21H16N6O2. The molecular weight excluding hydrogens is 368 g/mol. The zero-order chi connectivity index (χ0) is 20.0. The van der Waals surface area contributed by atoms with Gasteiger partial charge in [0, 0.05) is 30.3 Å². The van der Waals surface area contributed by atoms with Gasteiger partial charge in [-0.1, -0.05) is 0 Å². The molecule has 4 aromatic rings. The van der Waals surface area contributed by atoms with E-state index < -0.39 is 0 Å². The largest absolute Gasteiger partial charge is 0.507 e. The van der Waals surface area contributed by atoms with Crippen LogP contribution in [0.25, 0.3) is 22.5 Å². The molecule has 1 N–H and O–H groups in total. The first kappa shape index (κ1) is 17.1. The maximum Gasteiger partial charge on any atom is 0.300 e. The van der Waals surface area contributed by atoms with Gasteiger partial charge in [-0.3, -0.25) is 0 Å². The van der Waals surface area contributed by atoms with Crippen LogP contribution < -0.4 is 4.90 Å². The number of fused-ring (bicyclic) bond motifs is 2. The van der Waals surface area contributed by atoms with Crippen molar-refractivity contribution in [2.75, 3.05) is 11.4 Å². The van der Waals surface area contributed by atoms with Crippen molar-refractivity contribution in [2.24, 2.45) is 0 Å². The molecule has 8 heteroatoms. The molecule has 5 rings (SSSR count). The van der Waals surface area contributed by atoms with Crippen LogP contribution >= 0.6 is 0 Å². The maximum atomic E-state index is 10.4. The summed E-state index contributed by atoms with van der Waals surface area (Å²) >= 11 is 0. The molecule has 1 aliphatic heterocycles. The number of benzene rings is 1. The molecule has 0 aliphatic carbocycles. The van der Waals surface area contributed by atoms with Gasteiger partial charge in [-0.05, 0) is 36.8 Å². The van der Waals surface area contributed by atoms with Crippen LogP contribution in [0.1, 0.15) is 22.4 Å². The number of hydrogen-bond donors (Lipinski definition) is 1. The molecule has 4 heterocycles. The van der Waals surface area contributed by atoms with Crippen molar-refractivity contribution in [3.63, 3.8) is 0 Å². The molecule has 3 aromatic heterocycles. The van der Waals surface area contributed by atoms with E-state index in [1.54, 1.807) is 24.5 Å². The van der Waals surface area contributed by atoms with E-state index in [-0.39, 0.29) is 5.75 Å². The summed E-state index contributed by atoms with van der Waals surface area (Å²) in [6.07, 6.45) is 4.19. The minimum Gasteiger partial charge on any atom is -0.507 e. The molecule has 1 aromatic carbocycles. The number of aromatic hydroxyl groups is 1. The van der Waals surface area contributed by atoms with E-state index in [1.165, 1.54) is 6.07 Å². The summed E-state index contributed by atoms with van der Waals surface area (Å²) in [7, 11) is 0. The SMILES string of the molecule is Cc1cc(C#N)cc(O)c1-c1ccc2oc(N3CCc4ncncc4C3)nc2n1. The van der Waals surface area contributed by atoms with Crippen molar-refractivity contribution in [1.82, 2.24) is 19.9 Å². The summed E-state index contributed by atoms with van der Waals surface area (Å²) in [5, 5.41) is 19.4. The van der Waals surface area contributed by atoms with Crippen LogP contribution in [-0.4, -0.2) is 31.6 Å². The first-order chi connectivity index (χ1) is 14.1. The van der Waals surface area contributed by atoms with Crippen molar-refractivity contribution < 1.29 is 9.52 Å². The van der Waals surface area contributed by atoms with Crippen LogP contribution in [-0.2, 0) is 13.0 Å². The van der Waals surface area contributed by atoms with Gasteiger partial charge in [0.2, 0.25) is 5.65 Å². The maximum absolute atomic E-state index is 10.4. The number of phenols is 1. The molecule has 0 bridgehead atoms. The standard InChI is InChI=1S/C21H16N6O2/c1-12-6-13(8-22)7-17(28)19(12)16-2-3-18-20(25-16)26-21(29-18)27-5-4-15-14(10-27)9-23-11-24-15/h2-3,6-7,9,11,28H,4-5,10H2,1H3. The number of hydrogen-bond acceptors (Lipinski definition) is 8. The number of oxazole rings is 1. The highest BCUT2D eigenvalue weighted by Gasteiger charge is 2.22. The minimum absolute atomic E-state index is 0.0183. The van der Waals surface area contributed by atoms with Gasteiger partial charge in [-0.25, -0.2) is 15.0 Å². The highest BCUT2D eigenvalue weighted by Crippen LogP contribution is 2.34. The molecule has 8 nitrogen and oxygen atoms in total. The number of nitriles is 1. The van der Waals surface area contributed by atoms with Crippen LogP contribution in [0.2, 0.25) is 0 Å². The topological polar surface area (TPSA) is 112 Å². The van der Waals surface area contributed by atoms with Crippen molar-refractivity contribution >= 4 is 17.2 Å². The summed E-state index contributed by atoms with van der Waals surface area (Å²) in [4.78, 5) is 19.6. The van der Waals surface area contributed by atoms with E-state index in [9.17, 15) is 5.11 Å². The zero-order valence-electron chi connectivity index (χ0n) is 15.6. The first-order valence-electron chi connectivity index (χ1n) is 9.17. The van der Waals surface area contributed by atoms with E-state index in [0.717, 1.165) is 29.8 Å². The van der Waals surface area contributed by atoms with Gasteiger partial charge in [-0.15, -0.1) is 0 Å². The van der Waals surface area contributed by atoms with Crippen molar-refractivity contribution in [3.8, 4) is 23.1 Å². The summed E-state index contributed by atoms with van der Waals surface area (Å²) in [5.74, 6) is 0.0183. The highest BCUT2D eigenvalue weighted by molar-refractivity contribution is 5.79. The van der Waals surface area contributed by atoms with Crippen LogP contribution in [0.15, 0.2) is 41.2 Å². The normalized spacial score (nSPS) is 13.3. The van der Waals surface area contributed by atoms with E-state index in [2.05, 4.69) is 19.9 Å². The molecule has 0 radical (unpaired) electrons. The average Bonchev–Trinajstić information content (AvgIpc) is 3.16. The Labute approximate surface area is 166 Å². The van der Waals surface area contributed by atoms with E-state index >= 15 is 0 Å². The van der Waals surface area contributed by atoms with Crippen molar-refractivity contribution in [2.45, 2.75) is 19.9 Å². The van der Waals surface area contributed by atoms with Gasteiger partial charge >= 0.3 is 0 Å². The summed E-state index contributed by atoms with van der Waals surface area (Å²) in [6.45, 7) is 3.22. The fourth-order valence-electron chi connectivity index (χ4n) is 3.68. The lowest BCUT2D eigenvalue weighted by molar-refractivity contribution is 0.476. The van der Waals surface area contributed by atoms with E-state index in [4.69, 9.17) is 9.68 Å². The average molecular weight is 384 g/mol. The van der Waals surface area contributed by atoms with Gasteiger partial charge in [0.05, 0.1) is 29.6 Å². The number of aromatic nitrogens is 4. The lowest BCUT2D eigenvalue weighted by atomic mass is 10.0.